The van der Waals surface area contributed by atoms with Gasteiger partial charge in [-0.25, -0.2) is 19.9 Å². The minimum atomic E-state index is 0.305. The van der Waals surface area contributed by atoms with Crippen LogP contribution in [-0.4, -0.2) is 19.9 Å². The summed E-state index contributed by atoms with van der Waals surface area (Å²) in [5.74, 6) is 0. The monoisotopic (exact) mass is 330 g/mol. The molecule has 110 valence electrons. The first-order valence-corrected chi connectivity index (χ1v) is 7.72. The molecule has 3 aromatic rings. The summed E-state index contributed by atoms with van der Waals surface area (Å²) in [6.45, 7) is 0. The van der Waals surface area contributed by atoms with Crippen LogP contribution in [0.3, 0.4) is 0 Å². The van der Waals surface area contributed by atoms with Gasteiger partial charge in [-0.3, -0.25) is 0 Å². The molecule has 0 fully saturated rings. The molecule has 3 rings (SSSR count). The molecule has 0 amide bonds. The Morgan fingerprint density at radius 3 is 1.41 bits per heavy atom. The van der Waals surface area contributed by atoms with Gasteiger partial charge in [-0.15, -0.1) is 0 Å². The van der Waals surface area contributed by atoms with Crippen LogP contribution in [0.1, 0.15) is 0 Å². The smallest absolute Gasteiger partial charge is 0.329 e. The third kappa shape index (κ3) is 4.09. The zero-order valence-electron chi connectivity index (χ0n) is 11.2. The maximum absolute atomic E-state index is 5.48. The molecule has 8 heteroatoms. The molecule has 0 atom stereocenters. The van der Waals surface area contributed by atoms with Crippen molar-refractivity contribution in [1.82, 2.24) is 19.9 Å². The minimum absolute atomic E-state index is 0.305. The van der Waals surface area contributed by atoms with Crippen molar-refractivity contribution in [2.45, 2.75) is 9.79 Å². The van der Waals surface area contributed by atoms with E-state index in [-0.39, 0.29) is 0 Å². The lowest BCUT2D eigenvalue weighted by Gasteiger charge is -2.07. The minimum Gasteiger partial charge on any atom is -0.384 e. The highest BCUT2D eigenvalue weighted by Crippen LogP contribution is 2.32. The van der Waals surface area contributed by atoms with E-state index in [0.29, 0.717) is 12.0 Å². The standard InChI is InChI=1S/C14H10N4O2S2/c1-2-6-12(22-20-14-17-9-4-10-18-14)11(5-1)21-19-13-15-7-3-8-16-13/h1-10H. The van der Waals surface area contributed by atoms with E-state index in [1.54, 1.807) is 36.9 Å². The van der Waals surface area contributed by atoms with Crippen molar-refractivity contribution in [3.05, 3.63) is 61.2 Å². The molecule has 6 nitrogen and oxygen atoms in total. The van der Waals surface area contributed by atoms with Gasteiger partial charge >= 0.3 is 12.0 Å². The molecule has 0 spiro atoms. The fraction of sp³-hybridized carbons (Fsp3) is 0. The number of hydrogen-bond acceptors (Lipinski definition) is 8. The number of hydrogen-bond donors (Lipinski definition) is 0. The zero-order valence-corrected chi connectivity index (χ0v) is 12.8. The van der Waals surface area contributed by atoms with E-state index in [4.69, 9.17) is 8.37 Å². The van der Waals surface area contributed by atoms with Crippen molar-refractivity contribution in [1.29, 1.82) is 0 Å². The van der Waals surface area contributed by atoms with Gasteiger partial charge in [0.25, 0.3) is 0 Å². The Bertz CT molecular complexity index is 654. The summed E-state index contributed by atoms with van der Waals surface area (Å²) in [6.07, 6.45) is 6.50. The molecule has 0 saturated heterocycles. The van der Waals surface area contributed by atoms with E-state index in [1.807, 2.05) is 24.3 Å². The number of benzene rings is 1. The van der Waals surface area contributed by atoms with Crippen LogP contribution in [0.25, 0.3) is 0 Å². The van der Waals surface area contributed by atoms with Crippen molar-refractivity contribution >= 4 is 24.1 Å². The van der Waals surface area contributed by atoms with E-state index in [1.165, 1.54) is 24.1 Å². The Balaban J connectivity index is 1.65. The van der Waals surface area contributed by atoms with Gasteiger partial charge < -0.3 is 8.37 Å². The van der Waals surface area contributed by atoms with Crippen molar-refractivity contribution in [3.63, 3.8) is 0 Å². The Morgan fingerprint density at radius 2 is 1.00 bits per heavy atom. The Morgan fingerprint density at radius 1 is 0.591 bits per heavy atom. The normalized spacial score (nSPS) is 10.2. The molecular formula is C14H10N4O2S2. The lowest BCUT2D eigenvalue weighted by molar-refractivity contribution is 0.577. The van der Waals surface area contributed by atoms with Crippen LogP contribution in [0.2, 0.25) is 0 Å². The largest absolute Gasteiger partial charge is 0.384 e. The summed E-state index contributed by atoms with van der Waals surface area (Å²) < 4.78 is 11.0. The highest BCUT2D eigenvalue weighted by Gasteiger charge is 2.08. The number of rotatable bonds is 6. The summed E-state index contributed by atoms with van der Waals surface area (Å²) in [7, 11) is 0. The van der Waals surface area contributed by atoms with Gasteiger partial charge in [0.05, 0.1) is 33.9 Å². The second-order valence-electron chi connectivity index (χ2n) is 3.84. The molecule has 0 aliphatic rings. The summed E-state index contributed by atoms with van der Waals surface area (Å²) in [6, 6.07) is 11.8. The Kier molecular flexibility index (Phi) is 5.06. The van der Waals surface area contributed by atoms with Gasteiger partial charge in [-0.2, -0.15) is 0 Å². The van der Waals surface area contributed by atoms with Crippen molar-refractivity contribution < 1.29 is 8.37 Å². The van der Waals surface area contributed by atoms with Gasteiger partial charge in [-0.05, 0) is 24.3 Å². The van der Waals surface area contributed by atoms with Crippen molar-refractivity contribution in [2.75, 3.05) is 0 Å². The summed E-state index contributed by atoms with van der Waals surface area (Å²) >= 11 is 2.34. The molecule has 0 unspecified atom stereocenters. The van der Waals surface area contributed by atoms with Crippen LogP contribution in [0.15, 0.2) is 71.0 Å². The molecule has 0 aliphatic carbocycles. The second-order valence-corrected chi connectivity index (χ2v) is 5.39. The lowest BCUT2D eigenvalue weighted by Crippen LogP contribution is -1.92. The number of nitrogens with zero attached hydrogens (tertiary/aromatic N) is 4. The fourth-order valence-corrected chi connectivity index (χ4v) is 2.68. The molecule has 2 heterocycles. The summed E-state index contributed by atoms with van der Waals surface area (Å²) in [4.78, 5) is 17.8. The van der Waals surface area contributed by atoms with Gasteiger partial charge in [0.15, 0.2) is 0 Å². The molecule has 22 heavy (non-hydrogen) atoms. The van der Waals surface area contributed by atoms with E-state index in [9.17, 15) is 0 Å². The molecule has 0 N–H and O–H groups in total. The second kappa shape index (κ2) is 7.62. The zero-order chi connectivity index (χ0) is 15.0. The van der Waals surface area contributed by atoms with Crippen LogP contribution in [0.5, 0.6) is 12.0 Å². The van der Waals surface area contributed by atoms with Gasteiger partial charge in [0.1, 0.15) is 0 Å². The summed E-state index contributed by atoms with van der Waals surface area (Å²) in [5, 5.41) is 0. The molecule has 0 bridgehead atoms. The average molecular weight is 330 g/mol. The van der Waals surface area contributed by atoms with Gasteiger partial charge in [0.2, 0.25) is 0 Å². The van der Waals surface area contributed by atoms with Gasteiger partial charge in [-0.1, -0.05) is 12.1 Å². The van der Waals surface area contributed by atoms with Crippen LogP contribution >= 0.6 is 24.1 Å². The maximum atomic E-state index is 5.48. The van der Waals surface area contributed by atoms with Crippen molar-refractivity contribution in [2.24, 2.45) is 0 Å². The Hall–Kier alpha value is -2.32. The SMILES string of the molecule is c1cnc(OSc2ccccc2SOc2ncccn2)nc1. The quantitative estimate of drug-likeness (QED) is 0.637. The first-order chi connectivity index (χ1) is 10.9. The van der Waals surface area contributed by atoms with Crippen LogP contribution in [-0.2, 0) is 0 Å². The predicted octanol–water partition coefficient (Wildman–Crippen LogP) is 3.44. The molecule has 0 radical (unpaired) electrons. The Labute approximate surface area is 135 Å². The fourth-order valence-electron chi connectivity index (χ4n) is 1.41. The van der Waals surface area contributed by atoms with E-state index in [2.05, 4.69) is 19.9 Å². The summed E-state index contributed by atoms with van der Waals surface area (Å²) in [5.41, 5.74) is 0. The lowest BCUT2D eigenvalue weighted by atomic mass is 10.4. The highest BCUT2D eigenvalue weighted by molar-refractivity contribution is 7.98. The average Bonchev–Trinajstić information content (AvgIpc) is 2.61. The predicted molar refractivity (Wildman–Crippen MR) is 83.5 cm³/mol. The third-order valence-corrected chi connectivity index (χ3v) is 4.01. The van der Waals surface area contributed by atoms with Crippen LogP contribution in [0.4, 0.5) is 0 Å². The van der Waals surface area contributed by atoms with E-state index >= 15 is 0 Å². The van der Waals surface area contributed by atoms with E-state index < -0.39 is 0 Å². The molecule has 0 aliphatic heterocycles. The molecule has 1 aromatic carbocycles. The first kappa shape index (κ1) is 14.6. The highest BCUT2D eigenvalue weighted by atomic mass is 32.2. The molecule has 2 aromatic heterocycles. The first-order valence-electron chi connectivity index (χ1n) is 6.24. The third-order valence-electron chi connectivity index (χ3n) is 2.35. The van der Waals surface area contributed by atoms with Crippen LogP contribution in [0, 0.1) is 0 Å². The van der Waals surface area contributed by atoms with Gasteiger partial charge in [0, 0.05) is 24.8 Å². The van der Waals surface area contributed by atoms with Crippen molar-refractivity contribution in [3.8, 4) is 12.0 Å². The topological polar surface area (TPSA) is 70.0 Å². The van der Waals surface area contributed by atoms with E-state index in [0.717, 1.165) is 9.79 Å². The molecule has 0 saturated carbocycles. The van der Waals surface area contributed by atoms with Crippen LogP contribution < -0.4 is 8.37 Å². The molecular weight excluding hydrogens is 320 g/mol. The maximum Gasteiger partial charge on any atom is 0.329 e. The number of aromatic nitrogens is 4.